The molecule has 0 bridgehead atoms. The van der Waals surface area contributed by atoms with Gasteiger partial charge in [-0.2, -0.15) is 0 Å². The van der Waals surface area contributed by atoms with Crippen molar-refractivity contribution in [2.24, 2.45) is 0 Å². The molecule has 5 N–H and O–H groups in total. The van der Waals surface area contributed by atoms with Crippen LogP contribution in [0.2, 0.25) is 0 Å². The van der Waals surface area contributed by atoms with Gasteiger partial charge in [0.15, 0.2) is 0 Å². The number of hydrogen-bond acceptors (Lipinski definition) is 13. The number of hydrogen-bond donors (Lipinski definition) is 5. The Kier molecular flexibility index (Phi) is 14.5. The summed E-state index contributed by atoms with van der Waals surface area (Å²) in [6, 6.07) is 20.6. The largest absolute Gasteiger partial charge is 0.394 e. The second-order valence-corrected chi connectivity index (χ2v) is 12.5. The van der Waals surface area contributed by atoms with Crippen LogP contribution in [0.3, 0.4) is 0 Å². The normalized spacial score (nSPS) is 16.5. The van der Waals surface area contributed by atoms with Crippen molar-refractivity contribution in [2.45, 2.75) is 19.0 Å². The molecular formula is C38H46N10O5. The number of aliphatic hydroxyl groups excluding tert-OH is 1. The smallest absolute Gasteiger partial charge is 0.277 e. The van der Waals surface area contributed by atoms with Gasteiger partial charge < -0.3 is 14.9 Å². The van der Waals surface area contributed by atoms with E-state index in [1.54, 1.807) is 11.0 Å². The van der Waals surface area contributed by atoms with Gasteiger partial charge in [-0.3, -0.25) is 29.8 Å². The number of aliphatic hydroxyl groups is 1. The molecule has 2 fully saturated rings. The number of piperazine rings is 2. The molecule has 53 heavy (non-hydrogen) atoms. The molecule has 2 saturated heterocycles. The van der Waals surface area contributed by atoms with E-state index in [0.29, 0.717) is 17.9 Å². The zero-order valence-electron chi connectivity index (χ0n) is 29.6. The van der Waals surface area contributed by atoms with Crippen molar-refractivity contribution >= 4 is 35.9 Å². The van der Waals surface area contributed by atoms with Crippen LogP contribution < -0.4 is 20.8 Å². The number of rotatable bonds is 11. The van der Waals surface area contributed by atoms with Gasteiger partial charge in [0.2, 0.25) is 11.9 Å². The van der Waals surface area contributed by atoms with Gasteiger partial charge in [-0.25, -0.2) is 30.9 Å². The number of benzene rings is 2. The third-order valence-electron chi connectivity index (χ3n) is 9.11. The quantitative estimate of drug-likeness (QED) is 0.113. The topological polar surface area (TPSA) is 183 Å². The Labute approximate surface area is 308 Å². The average Bonchev–Trinajstić information content (AvgIpc) is 3.24. The highest BCUT2D eigenvalue weighted by Crippen LogP contribution is 2.16. The van der Waals surface area contributed by atoms with E-state index in [9.17, 15) is 14.7 Å². The Morgan fingerprint density at radius 2 is 1.04 bits per heavy atom. The molecule has 4 heterocycles. The van der Waals surface area contributed by atoms with Crippen LogP contribution in [0.25, 0.3) is 12.2 Å². The van der Waals surface area contributed by atoms with E-state index in [0.717, 1.165) is 57.9 Å². The van der Waals surface area contributed by atoms with Crippen molar-refractivity contribution < 1.29 is 25.1 Å². The van der Waals surface area contributed by atoms with Crippen molar-refractivity contribution in [3.8, 4) is 0 Å². The molecule has 278 valence electrons. The van der Waals surface area contributed by atoms with Crippen molar-refractivity contribution in [2.75, 3.05) is 68.8 Å². The summed E-state index contributed by atoms with van der Waals surface area (Å²) < 4.78 is 0. The molecule has 1 unspecified atom stereocenters. The number of amides is 2. The average molecular weight is 723 g/mol. The molecule has 4 aromatic rings. The number of hydroxylamine groups is 2. The van der Waals surface area contributed by atoms with E-state index in [1.807, 2.05) is 65.6 Å². The molecule has 0 aliphatic carbocycles. The number of aromatic nitrogens is 4. The number of anilines is 2. The molecule has 0 spiro atoms. The van der Waals surface area contributed by atoms with Crippen LogP contribution in [-0.2, 0) is 0 Å². The van der Waals surface area contributed by atoms with Gasteiger partial charge in [0, 0.05) is 83.2 Å². The lowest BCUT2D eigenvalue weighted by Crippen LogP contribution is -2.51. The fraction of sp³-hybridized carbons (Fsp3) is 0.316. The van der Waals surface area contributed by atoms with E-state index in [2.05, 4.69) is 65.8 Å². The van der Waals surface area contributed by atoms with E-state index < -0.39 is 11.8 Å². The highest BCUT2D eigenvalue weighted by Gasteiger charge is 2.24. The molecule has 2 aliphatic heterocycles. The summed E-state index contributed by atoms with van der Waals surface area (Å²) in [5, 5.41) is 27.0. The summed E-state index contributed by atoms with van der Waals surface area (Å²) in [5.41, 5.74) is 5.88. The first-order valence-corrected chi connectivity index (χ1v) is 17.5. The molecule has 2 atom stereocenters. The molecule has 2 amide bonds. The summed E-state index contributed by atoms with van der Waals surface area (Å²) in [6.45, 7) is 8.75. The lowest BCUT2D eigenvalue weighted by molar-refractivity contribution is 0.0701. The number of carbonyl (C=O) groups excluding carboxylic acids is 2. The van der Waals surface area contributed by atoms with Crippen LogP contribution in [-0.4, -0.2) is 128 Å². The minimum atomic E-state index is -0.637. The third-order valence-corrected chi connectivity index (χ3v) is 9.11. The van der Waals surface area contributed by atoms with Crippen LogP contribution in [0.15, 0.2) is 97.6 Å². The molecule has 2 aromatic heterocycles. The van der Waals surface area contributed by atoms with Gasteiger partial charge in [-0.05, 0) is 18.1 Å². The lowest BCUT2D eigenvalue weighted by Gasteiger charge is -2.37. The van der Waals surface area contributed by atoms with E-state index in [4.69, 9.17) is 10.4 Å². The van der Waals surface area contributed by atoms with Crippen molar-refractivity contribution in [1.82, 2.24) is 40.7 Å². The van der Waals surface area contributed by atoms with Gasteiger partial charge in [-0.15, -0.1) is 0 Å². The van der Waals surface area contributed by atoms with Crippen LogP contribution in [0.4, 0.5) is 11.9 Å². The van der Waals surface area contributed by atoms with E-state index >= 15 is 0 Å². The number of nitrogens with one attached hydrogen (secondary N) is 2. The fourth-order valence-electron chi connectivity index (χ4n) is 5.94. The van der Waals surface area contributed by atoms with Gasteiger partial charge in [0.1, 0.15) is 0 Å². The maximum absolute atomic E-state index is 11.3. The van der Waals surface area contributed by atoms with E-state index in [-0.39, 0.29) is 23.8 Å². The monoisotopic (exact) mass is 722 g/mol. The molecule has 15 heteroatoms. The predicted molar refractivity (Wildman–Crippen MR) is 201 cm³/mol. The van der Waals surface area contributed by atoms with Crippen LogP contribution in [0.1, 0.15) is 38.8 Å². The van der Waals surface area contributed by atoms with Gasteiger partial charge in [-0.1, -0.05) is 85.0 Å². The minimum absolute atomic E-state index is 0.0381. The van der Waals surface area contributed by atoms with Crippen molar-refractivity contribution in [3.05, 3.63) is 120 Å². The second-order valence-electron chi connectivity index (χ2n) is 12.5. The maximum atomic E-state index is 11.3. The highest BCUT2D eigenvalue weighted by molar-refractivity contribution is 5.93. The van der Waals surface area contributed by atoms with Crippen molar-refractivity contribution in [1.29, 1.82) is 0 Å². The van der Waals surface area contributed by atoms with Crippen LogP contribution >= 0.6 is 0 Å². The zero-order valence-corrected chi connectivity index (χ0v) is 29.6. The van der Waals surface area contributed by atoms with Crippen LogP contribution in [0, 0.1) is 0 Å². The first kappa shape index (κ1) is 38.6. The van der Waals surface area contributed by atoms with Crippen molar-refractivity contribution in [3.63, 3.8) is 0 Å². The number of carbonyl (C=O) groups is 2. The van der Waals surface area contributed by atoms with E-state index in [1.165, 1.54) is 30.4 Å². The van der Waals surface area contributed by atoms with Gasteiger partial charge >= 0.3 is 0 Å². The molecule has 0 radical (unpaired) electrons. The molecule has 2 aromatic carbocycles. The summed E-state index contributed by atoms with van der Waals surface area (Å²) in [5.74, 6) is -0.0982. The fourth-order valence-corrected chi connectivity index (χ4v) is 5.94. The highest BCUT2D eigenvalue weighted by atomic mass is 16.5. The Balaban J connectivity index is 0.000000204. The molecule has 15 nitrogen and oxygen atoms in total. The SMILES string of the molecule is CC(/C=C/c1ccccc1)N1CCN(c2ncc(C(=O)NO)cn2)CC1.O=C(NO)c1cnc(N2CCN([C@@H](/C=C/c3ccccc3)CO)CC2)nc1. The Bertz CT molecular complexity index is 1760. The molecular weight excluding hydrogens is 676 g/mol. The Morgan fingerprint density at radius 3 is 1.43 bits per heavy atom. The molecule has 0 saturated carbocycles. The molecule has 2 aliphatic rings. The summed E-state index contributed by atoms with van der Waals surface area (Å²) in [7, 11) is 0. The molecule has 6 rings (SSSR count). The Hall–Kier alpha value is -5.58. The first-order chi connectivity index (χ1) is 25.9. The van der Waals surface area contributed by atoms with Crippen LogP contribution in [0.5, 0.6) is 0 Å². The summed E-state index contributed by atoms with van der Waals surface area (Å²) >= 11 is 0. The maximum Gasteiger partial charge on any atom is 0.277 e. The zero-order chi connectivity index (χ0) is 37.4. The standard InChI is InChI=1S/C19H23N5O3.C19H23N5O2/c25-14-17(7-6-15-4-2-1-3-5-15)23-8-10-24(11-9-23)19-20-12-16(13-21-19)18(26)22-27;1-15(7-8-16-5-3-2-4-6-16)23-9-11-24(12-10-23)19-20-13-17(14-21-19)18(25)22-26/h1-7,12-13,17,25,27H,8-11,14H2,(H,22,26);2-8,13-15,26H,9-12H2,1H3,(H,22,25)/b7-6+;8-7+/t17-;/m0./s1. The van der Waals surface area contributed by atoms with Gasteiger partial charge in [0.25, 0.3) is 11.8 Å². The predicted octanol–water partition coefficient (Wildman–Crippen LogP) is 2.61. The van der Waals surface area contributed by atoms with Gasteiger partial charge in [0.05, 0.1) is 23.8 Å². The minimum Gasteiger partial charge on any atom is -0.394 e. The third kappa shape index (κ3) is 11.2. The first-order valence-electron chi connectivity index (χ1n) is 17.5. The summed E-state index contributed by atoms with van der Waals surface area (Å²) in [6.07, 6.45) is 14.1. The number of nitrogens with zero attached hydrogens (tertiary/aromatic N) is 8. The Morgan fingerprint density at radius 1 is 0.642 bits per heavy atom. The summed E-state index contributed by atoms with van der Waals surface area (Å²) in [4.78, 5) is 48.3. The lowest BCUT2D eigenvalue weighted by atomic mass is 10.1. The second kappa shape index (κ2) is 19.9.